The average molecular weight is 285 g/mol. The first-order valence-electron chi connectivity index (χ1n) is 7.05. The zero-order chi connectivity index (χ0) is 14.8. The summed E-state index contributed by atoms with van der Waals surface area (Å²) < 4.78 is 24.1. The molecular weight excluding hydrogens is 261 g/mol. The maximum absolute atomic E-state index is 13.8. The Kier molecular flexibility index (Phi) is 8.18. The molecule has 1 rings (SSSR count). The van der Waals surface area contributed by atoms with Crippen LogP contribution in [0.3, 0.4) is 0 Å². The van der Waals surface area contributed by atoms with Crippen molar-refractivity contribution in [1.29, 1.82) is 0 Å². The van der Waals surface area contributed by atoms with Crippen molar-refractivity contribution >= 4 is 0 Å². The molecule has 4 nitrogen and oxygen atoms in total. The van der Waals surface area contributed by atoms with Gasteiger partial charge in [-0.3, -0.25) is 0 Å². The highest BCUT2D eigenvalue weighted by Gasteiger charge is 2.09. The fourth-order valence-electron chi connectivity index (χ4n) is 1.67. The number of ether oxygens (including phenoxy) is 2. The SMILES string of the molecule is CCCNCc1ccc(OCC(O)COCC)c(F)c1. The van der Waals surface area contributed by atoms with Crippen LogP contribution in [-0.4, -0.2) is 37.6 Å². The summed E-state index contributed by atoms with van der Waals surface area (Å²) in [5.74, 6) is -0.260. The molecule has 0 bridgehead atoms. The van der Waals surface area contributed by atoms with Gasteiger partial charge in [0.25, 0.3) is 0 Å². The number of aliphatic hydroxyl groups is 1. The molecule has 5 heteroatoms. The lowest BCUT2D eigenvalue weighted by Crippen LogP contribution is -2.23. The maximum atomic E-state index is 13.8. The van der Waals surface area contributed by atoms with E-state index >= 15 is 0 Å². The fourth-order valence-corrected chi connectivity index (χ4v) is 1.67. The molecule has 114 valence electrons. The van der Waals surface area contributed by atoms with Gasteiger partial charge >= 0.3 is 0 Å². The highest BCUT2D eigenvalue weighted by Crippen LogP contribution is 2.18. The molecule has 0 saturated heterocycles. The van der Waals surface area contributed by atoms with E-state index in [2.05, 4.69) is 12.2 Å². The van der Waals surface area contributed by atoms with Crippen LogP contribution in [-0.2, 0) is 11.3 Å². The number of rotatable bonds is 10. The Morgan fingerprint density at radius 2 is 2.10 bits per heavy atom. The van der Waals surface area contributed by atoms with Crippen LogP contribution in [0.1, 0.15) is 25.8 Å². The zero-order valence-electron chi connectivity index (χ0n) is 12.2. The second kappa shape index (κ2) is 9.69. The van der Waals surface area contributed by atoms with Gasteiger partial charge in [0.05, 0.1) is 6.61 Å². The standard InChI is InChI=1S/C15H24FNO3/c1-3-7-17-9-12-5-6-15(14(16)8-12)20-11-13(18)10-19-4-2/h5-6,8,13,17-18H,3-4,7,9-11H2,1-2H3. The van der Waals surface area contributed by atoms with Crippen LogP contribution in [0.25, 0.3) is 0 Å². The summed E-state index contributed by atoms with van der Waals surface area (Å²) in [6.45, 7) is 6.21. The molecule has 0 saturated carbocycles. The zero-order valence-corrected chi connectivity index (χ0v) is 12.2. The molecule has 0 spiro atoms. The monoisotopic (exact) mass is 285 g/mol. The van der Waals surface area contributed by atoms with Gasteiger partial charge in [-0.05, 0) is 37.6 Å². The van der Waals surface area contributed by atoms with Crippen LogP contribution < -0.4 is 10.1 Å². The number of hydrogen-bond donors (Lipinski definition) is 2. The smallest absolute Gasteiger partial charge is 0.165 e. The second-order valence-corrected chi connectivity index (χ2v) is 4.57. The van der Waals surface area contributed by atoms with E-state index in [0.717, 1.165) is 18.5 Å². The Bertz CT molecular complexity index is 387. The molecule has 1 aromatic carbocycles. The van der Waals surface area contributed by atoms with Gasteiger partial charge in [-0.1, -0.05) is 13.0 Å². The van der Waals surface area contributed by atoms with Crippen molar-refractivity contribution in [1.82, 2.24) is 5.32 Å². The summed E-state index contributed by atoms with van der Waals surface area (Å²) in [5.41, 5.74) is 0.873. The van der Waals surface area contributed by atoms with Crippen LogP contribution in [0.2, 0.25) is 0 Å². The van der Waals surface area contributed by atoms with Gasteiger partial charge in [0.15, 0.2) is 11.6 Å². The van der Waals surface area contributed by atoms with E-state index in [1.165, 1.54) is 6.07 Å². The first kappa shape index (κ1) is 16.9. The van der Waals surface area contributed by atoms with Crippen LogP contribution >= 0.6 is 0 Å². The summed E-state index contributed by atoms with van der Waals surface area (Å²) in [4.78, 5) is 0. The lowest BCUT2D eigenvalue weighted by atomic mass is 10.2. The van der Waals surface area contributed by atoms with Crippen molar-refractivity contribution in [2.75, 3.05) is 26.4 Å². The molecule has 2 N–H and O–H groups in total. The van der Waals surface area contributed by atoms with Crippen molar-refractivity contribution in [2.45, 2.75) is 32.9 Å². The Hall–Kier alpha value is -1.17. The summed E-state index contributed by atoms with van der Waals surface area (Å²) in [6, 6.07) is 4.86. The van der Waals surface area contributed by atoms with Crippen molar-refractivity contribution in [3.63, 3.8) is 0 Å². The van der Waals surface area contributed by atoms with Crippen molar-refractivity contribution in [3.05, 3.63) is 29.6 Å². The summed E-state index contributed by atoms with van der Waals surface area (Å²) in [6.07, 6.45) is 0.293. The van der Waals surface area contributed by atoms with Gasteiger partial charge in [-0.25, -0.2) is 4.39 Å². The van der Waals surface area contributed by atoms with Gasteiger partial charge < -0.3 is 19.9 Å². The van der Waals surface area contributed by atoms with Gasteiger partial charge in [0.1, 0.15) is 12.7 Å². The molecule has 0 radical (unpaired) electrons. The van der Waals surface area contributed by atoms with E-state index in [1.807, 2.05) is 13.0 Å². The molecule has 0 fully saturated rings. The van der Waals surface area contributed by atoms with Gasteiger partial charge in [0, 0.05) is 13.2 Å². The Labute approximate surface area is 119 Å². The first-order valence-corrected chi connectivity index (χ1v) is 7.05. The highest BCUT2D eigenvalue weighted by atomic mass is 19.1. The van der Waals surface area contributed by atoms with E-state index < -0.39 is 11.9 Å². The predicted octanol–water partition coefficient (Wildman–Crippen LogP) is 2.10. The molecule has 1 unspecified atom stereocenters. The third-order valence-corrected chi connectivity index (χ3v) is 2.70. The van der Waals surface area contributed by atoms with E-state index in [-0.39, 0.29) is 19.0 Å². The Morgan fingerprint density at radius 1 is 1.30 bits per heavy atom. The minimum atomic E-state index is -0.750. The van der Waals surface area contributed by atoms with Crippen molar-refractivity contribution in [3.8, 4) is 5.75 Å². The van der Waals surface area contributed by atoms with Crippen LogP contribution in [0.4, 0.5) is 4.39 Å². The minimum Gasteiger partial charge on any atom is -0.488 e. The number of benzene rings is 1. The molecule has 0 heterocycles. The third-order valence-electron chi connectivity index (χ3n) is 2.70. The number of halogens is 1. The Balaban J connectivity index is 2.43. The number of hydrogen-bond acceptors (Lipinski definition) is 4. The van der Waals surface area contributed by atoms with Crippen LogP contribution in [0.5, 0.6) is 5.75 Å². The summed E-state index contributed by atoms with van der Waals surface area (Å²) in [5, 5.41) is 12.8. The fraction of sp³-hybridized carbons (Fsp3) is 0.600. The molecule has 0 aliphatic rings. The number of aliphatic hydroxyl groups excluding tert-OH is 1. The normalized spacial score (nSPS) is 12.4. The molecule has 0 aliphatic carbocycles. The highest BCUT2D eigenvalue weighted by molar-refractivity contribution is 5.29. The molecular formula is C15H24FNO3. The molecule has 0 aromatic heterocycles. The maximum Gasteiger partial charge on any atom is 0.165 e. The van der Waals surface area contributed by atoms with Crippen LogP contribution in [0.15, 0.2) is 18.2 Å². The minimum absolute atomic E-state index is 0.0182. The second-order valence-electron chi connectivity index (χ2n) is 4.57. The van der Waals surface area contributed by atoms with E-state index in [9.17, 15) is 9.50 Å². The average Bonchev–Trinajstić information content (AvgIpc) is 2.44. The van der Waals surface area contributed by atoms with E-state index in [1.54, 1.807) is 6.07 Å². The molecule has 0 amide bonds. The first-order chi connectivity index (χ1) is 9.67. The van der Waals surface area contributed by atoms with Gasteiger partial charge in [-0.15, -0.1) is 0 Å². The summed E-state index contributed by atoms with van der Waals surface area (Å²) in [7, 11) is 0. The Morgan fingerprint density at radius 3 is 2.75 bits per heavy atom. The third kappa shape index (κ3) is 6.32. The van der Waals surface area contributed by atoms with Crippen LogP contribution in [0, 0.1) is 5.82 Å². The topological polar surface area (TPSA) is 50.7 Å². The molecule has 20 heavy (non-hydrogen) atoms. The van der Waals surface area contributed by atoms with Gasteiger partial charge in [0.2, 0.25) is 0 Å². The largest absolute Gasteiger partial charge is 0.488 e. The molecule has 1 atom stereocenters. The molecule has 1 aromatic rings. The quantitative estimate of drug-likeness (QED) is 0.646. The lowest BCUT2D eigenvalue weighted by molar-refractivity contribution is 0.0157. The van der Waals surface area contributed by atoms with Crippen molar-refractivity contribution in [2.24, 2.45) is 0 Å². The number of nitrogens with one attached hydrogen (secondary N) is 1. The van der Waals surface area contributed by atoms with E-state index in [0.29, 0.717) is 13.2 Å². The van der Waals surface area contributed by atoms with Crippen molar-refractivity contribution < 1.29 is 19.0 Å². The summed E-state index contributed by atoms with van der Waals surface area (Å²) >= 11 is 0. The lowest BCUT2D eigenvalue weighted by Gasteiger charge is -2.13. The molecule has 0 aliphatic heterocycles. The van der Waals surface area contributed by atoms with E-state index in [4.69, 9.17) is 9.47 Å². The predicted molar refractivity (Wildman–Crippen MR) is 76.4 cm³/mol. The van der Waals surface area contributed by atoms with Gasteiger partial charge in [-0.2, -0.15) is 0 Å².